The quantitative estimate of drug-likeness (QED) is 0.424. The number of carbonyl (C=O) groups excluding carboxylic acids is 4. The van der Waals surface area contributed by atoms with Crippen molar-refractivity contribution in [2.75, 3.05) is 25.7 Å². The van der Waals surface area contributed by atoms with Crippen LogP contribution in [0.5, 0.6) is 0 Å². The molecule has 0 fully saturated rings. The van der Waals surface area contributed by atoms with Crippen molar-refractivity contribution in [3.05, 3.63) is 65.5 Å². The maximum atomic E-state index is 12.6. The molecule has 0 aliphatic carbocycles. The van der Waals surface area contributed by atoms with E-state index in [1.807, 2.05) is 0 Å². The Labute approximate surface area is 210 Å². The first-order chi connectivity index (χ1) is 17.0. The van der Waals surface area contributed by atoms with Crippen LogP contribution in [0.25, 0.3) is 0 Å². The van der Waals surface area contributed by atoms with Crippen LogP contribution in [0, 0.1) is 0 Å². The van der Waals surface area contributed by atoms with Crippen LogP contribution >= 0.6 is 0 Å². The van der Waals surface area contributed by atoms with Crippen molar-refractivity contribution < 1.29 is 38.1 Å². The highest BCUT2D eigenvalue weighted by Crippen LogP contribution is 2.27. The second-order valence-electron chi connectivity index (χ2n) is 8.64. The molecule has 194 valence electrons. The van der Waals surface area contributed by atoms with Gasteiger partial charge >= 0.3 is 24.0 Å². The molecule has 0 saturated heterocycles. The first kappa shape index (κ1) is 28.2. The summed E-state index contributed by atoms with van der Waals surface area (Å²) in [6, 6.07) is 5.91. The lowest BCUT2D eigenvalue weighted by Gasteiger charge is -2.24. The van der Waals surface area contributed by atoms with E-state index in [0.29, 0.717) is 11.3 Å². The van der Waals surface area contributed by atoms with Crippen molar-refractivity contribution >= 4 is 29.7 Å². The number of methoxy groups -OCH3 is 2. The number of anilines is 1. The van der Waals surface area contributed by atoms with E-state index in [4.69, 9.17) is 18.9 Å². The Kier molecular flexibility index (Phi) is 9.83. The molecule has 0 bridgehead atoms. The summed E-state index contributed by atoms with van der Waals surface area (Å²) in [6.07, 6.45) is 5.75. The molecule has 0 aromatic heterocycles. The Balaban J connectivity index is 2.33. The molecule has 10 heteroatoms. The number of nitrogens with zero attached hydrogens (tertiary/aromatic N) is 1. The van der Waals surface area contributed by atoms with Gasteiger partial charge in [-0.15, -0.1) is 0 Å². The highest BCUT2D eigenvalue weighted by atomic mass is 16.6. The summed E-state index contributed by atoms with van der Waals surface area (Å²) >= 11 is 0. The number of hydrogen-bond acceptors (Lipinski definition) is 9. The zero-order valence-electron chi connectivity index (χ0n) is 21.3. The molecule has 1 unspecified atom stereocenters. The van der Waals surface area contributed by atoms with Crippen LogP contribution in [0.4, 0.5) is 10.5 Å². The molecule has 1 aliphatic heterocycles. The zero-order valence-corrected chi connectivity index (χ0v) is 21.3. The number of esters is 3. The first-order valence-electron chi connectivity index (χ1n) is 11.3. The van der Waals surface area contributed by atoms with Crippen molar-refractivity contribution in [3.63, 3.8) is 0 Å². The minimum Gasteiger partial charge on any atom is -0.465 e. The second-order valence-corrected chi connectivity index (χ2v) is 8.64. The number of benzene rings is 1. The van der Waals surface area contributed by atoms with Crippen LogP contribution in [0.15, 0.2) is 60.0 Å². The Hall–Kier alpha value is -4.08. The fraction of sp³-hybridized carbons (Fsp3) is 0.385. The van der Waals surface area contributed by atoms with Gasteiger partial charge in [0.05, 0.1) is 26.4 Å². The summed E-state index contributed by atoms with van der Waals surface area (Å²) in [5, 5.41) is 2.56. The predicted octanol–water partition coefficient (Wildman–Crippen LogP) is 3.18. The minimum absolute atomic E-state index is 0.0157. The number of amides is 1. The SMILES string of the molecule is CCOC(=O)C(Cc1ccc(N2C=CC=CC(C(=O)OC)=C2C(=O)OC)cc1)NC(=O)OC(C)(C)C. The van der Waals surface area contributed by atoms with Gasteiger partial charge in [0.15, 0.2) is 0 Å². The Bertz CT molecular complexity index is 1060. The number of allylic oxidation sites excluding steroid dienone is 2. The summed E-state index contributed by atoms with van der Waals surface area (Å²) in [6.45, 7) is 7.00. The molecule has 1 aliphatic rings. The van der Waals surface area contributed by atoms with Crippen molar-refractivity contribution in [2.24, 2.45) is 0 Å². The van der Waals surface area contributed by atoms with Crippen LogP contribution in [-0.4, -0.2) is 56.5 Å². The zero-order chi connectivity index (χ0) is 26.9. The lowest BCUT2D eigenvalue weighted by Crippen LogP contribution is -2.45. The maximum Gasteiger partial charge on any atom is 0.408 e. The van der Waals surface area contributed by atoms with Gasteiger partial charge in [0.1, 0.15) is 17.3 Å². The summed E-state index contributed by atoms with van der Waals surface area (Å²) in [7, 11) is 2.44. The smallest absolute Gasteiger partial charge is 0.408 e. The molecule has 1 atom stereocenters. The largest absolute Gasteiger partial charge is 0.465 e. The van der Waals surface area contributed by atoms with E-state index in [2.05, 4.69) is 5.32 Å². The van der Waals surface area contributed by atoms with E-state index >= 15 is 0 Å². The third-order valence-corrected chi connectivity index (χ3v) is 4.81. The van der Waals surface area contributed by atoms with E-state index in [9.17, 15) is 19.2 Å². The summed E-state index contributed by atoms with van der Waals surface area (Å²) in [4.78, 5) is 51.1. The minimum atomic E-state index is -0.968. The van der Waals surface area contributed by atoms with Crippen molar-refractivity contribution in [3.8, 4) is 0 Å². The van der Waals surface area contributed by atoms with E-state index in [-0.39, 0.29) is 24.3 Å². The van der Waals surface area contributed by atoms with Crippen LogP contribution in [0.2, 0.25) is 0 Å². The van der Waals surface area contributed by atoms with Gasteiger partial charge in [-0.25, -0.2) is 19.2 Å². The molecule has 10 nitrogen and oxygen atoms in total. The molecular formula is C26H32N2O8. The Morgan fingerprint density at radius 3 is 2.17 bits per heavy atom. The van der Waals surface area contributed by atoms with Gasteiger partial charge in [-0.3, -0.25) is 0 Å². The summed E-state index contributed by atoms with van der Waals surface area (Å²) < 4.78 is 20.1. The van der Waals surface area contributed by atoms with Crippen LogP contribution in [0.3, 0.4) is 0 Å². The first-order valence-corrected chi connectivity index (χ1v) is 11.3. The number of hydrogen-bond donors (Lipinski definition) is 1. The molecule has 1 aromatic rings. The normalized spacial score (nSPS) is 14.0. The molecular weight excluding hydrogens is 468 g/mol. The number of nitrogens with one attached hydrogen (secondary N) is 1. The number of ether oxygens (including phenoxy) is 4. The third kappa shape index (κ3) is 7.72. The van der Waals surface area contributed by atoms with E-state index in [0.717, 1.165) is 0 Å². The lowest BCUT2D eigenvalue weighted by atomic mass is 10.0. The Morgan fingerprint density at radius 2 is 1.61 bits per heavy atom. The van der Waals surface area contributed by atoms with Gasteiger partial charge in [-0.05, 0) is 57.5 Å². The highest BCUT2D eigenvalue weighted by molar-refractivity contribution is 6.05. The molecule has 0 spiro atoms. The lowest BCUT2D eigenvalue weighted by molar-refractivity contribution is -0.145. The molecule has 1 N–H and O–H groups in total. The molecule has 1 aromatic carbocycles. The average molecular weight is 501 g/mol. The Morgan fingerprint density at radius 1 is 0.972 bits per heavy atom. The van der Waals surface area contributed by atoms with Gasteiger partial charge in [0.25, 0.3) is 0 Å². The fourth-order valence-corrected chi connectivity index (χ4v) is 3.28. The molecule has 2 rings (SSSR count). The van der Waals surface area contributed by atoms with E-state index in [1.165, 1.54) is 25.2 Å². The van der Waals surface area contributed by atoms with E-state index in [1.54, 1.807) is 70.3 Å². The molecule has 1 amide bonds. The van der Waals surface area contributed by atoms with Gasteiger partial charge in [-0.1, -0.05) is 18.2 Å². The van der Waals surface area contributed by atoms with Crippen LogP contribution in [0.1, 0.15) is 33.3 Å². The third-order valence-electron chi connectivity index (χ3n) is 4.81. The monoisotopic (exact) mass is 500 g/mol. The molecule has 1 heterocycles. The molecule has 36 heavy (non-hydrogen) atoms. The number of carbonyl (C=O) groups is 4. The number of alkyl carbamates (subject to hydrolysis) is 1. The van der Waals surface area contributed by atoms with Gasteiger partial charge < -0.3 is 29.2 Å². The highest BCUT2D eigenvalue weighted by Gasteiger charge is 2.28. The second kappa shape index (κ2) is 12.6. The topological polar surface area (TPSA) is 120 Å². The van der Waals surface area contributed by atoms with Crippen LogP contribution in [-0.2, 0) is 39.8 Å². The average Bonchev–Trinajstić information content (AvgIpc) is 3.05. The molecule has 0 saturated carbocycles. The van der Waals surface area contributed by atoms with Crippen LogP contribution < -0.4 is 10.2 Å². The van der Waals surface area contributed by atoms with Gasteiger partial charge in [0.2, 0.25) is 0 Å². The van der Waals surface area contributed by atoms with Crippen molar-refractivity contribution in [2.45, 2.75) is 45.8 Å². The van der Waals surface area contributed by atoms with Gasteiger partial charge in [-0.2, -0.15) is 0 Å². The molecule has 0 radical (unpaired) electrons. The predicted molar refractivity (Wildman–Crippen MR) is 132 cm³/mol. The van der Waals surface area contributed by atoms with Gasteiger partial charge in [0, 0.05) is 18.3 Å². The fourth-order valence-electron chi connectivity index (χ4n) is 3.28. The standard InChI is InChI=1S/C26H32N2O8/c1-7-35-23(30)20(27-25(32)36-26(2,3)4)16-17-11-13-18(14-12-17)28-15-9-8-10-19(22(29)33-5)21(28)24(31)34-6/h8-15,20H,7,16H2,1-6H3,(H,27,32). The summed E-state index contributed by atoms with van der Waals surface area (Å²) in [5.74, 6) is -2.00. The summed E-state index contributed by atoms with van der Waals surface area (Å²) in [5.41, 5.74) is 0.546. The maximum absolute atomic E-state index is 12.6. The number of rotatable bonds is 8. The van der Waals surface area contributed by atoms with Crippen molar-refractivity contribution in [1.82, 2.24) is 5.32 Å². The van der Waals surface area contributed by atoms with E-state index < -0.39 is 35.6 Å². The van der Waals surface area contributed by atoms with Crippen molar-refractivity contribution in [1.29, 1.82) is 0 Å².